The number of likely N-dealkylation sites (N-methyl/N-ethyl adjacent to an activating group) is 2. The monoisotopic (exact) mass is 544 g/mol. The van der Waals surface area contributed by atoms with Crippen LogP contribution in [0.3, 0.4) is 0 Å². The number of amides is 1. The maximum absolute atomic E-state index is 11.8. The van der Waals surface area contributed by atoms with Gasteiger partial charge >= 0.3 is 0 Å². The average Bonchev–Trinajstić information content (AvgIpc) is 2.87. The Morgan fingerprint density at radius 2 is 1.83 bits per heavy atom. The minimum atomic E-state index is -0.0505. The molecule has 7 heteroatoms. The molecule has 3 rings (SSSR count). The van der Waals surface area contributed by atoms with Crippen molar-refractivity contribution in [2.75, 3.05) is 66.9 Å². The third-order valence-corrected chi connectivity index (χ3v) is 6.57. The molecule has 35 heavy (non-hydrogen) atoms. The third kappa shape index (κ3) is 9.08. The van der Waals surface area contributed by atoms with Gasteiger partial charge in [-0.05, 0) is 69.4 Å². The van der Waals surface area contributed by atoms with Gasteiger partial charge in [-0.2, -0.15) is 0 Å². The number of carbonyl (C=O) groups is 1. The Morgan fingerprint density at radius 1 is 1.14 bits per heavy atom. The normalized spacial score (nSPS) is 15.5. The molecule has 0 radical (unpaired) electrons. The van der Waals surface area contributed by atoms with Crippen molar-refractivity contribution in [1.29, 1.82) is 0 Å². The van der Waals surface area contributed by atoms with Gasteiger partial charge in [0, 0.05) is 62.7 Å². The Balaban J connectivity index is 0.00000100. The largest absolute Gasteiger partial charge is 0.388 e. The van der Waals surface area contributed by atoms with Crippen LogP contribution < -0.4 is 5.32 Å². The first-order valence-corrected chi connectivity index (χ1v) is 12.9. The number of nitrogens with zero attached hydrogens (tertiary/aromatic N) is 3. The summed E-state index contributed by atoms with van der Waals surface area (Å²) in [5.41, 5.74) is 5.98. The van der Waals surface area contributed by atoms with Crippen LogP contribution in [0.25, 0.3) is 5.57 Å². The first-order valence-electron chi connectivity index (χ1n) is 12.1. The van der Waals surface area contributed by atoms with Crippen LogP contribution >= 0.6 is 15.9 Å². The zero-order valence-corrected chi connectivity index (χ0v) is 23.6. The predicted molar refractivity (Wildman–Crippen MR) is 151 cm³/mol. The molecule has 2 aromatic rings. The highest BCUT2D eigenvalue weighted by atomic mass is 79.9. The number of hydrogen-bond acceptors (Lipinski definition) is 5. The second kappa shape index (κ2) is 15.0. The van der Waals surface area contributed by atoms with Crippen LogP contribution in [0.5, 0.6) is 0 Å². The van der Waals surface area contributed by atoms with E-state index in [1.54, 1.807) is 7.11 Å². The van der Waals surface area contributed by atoms with Crippen molar-refractivity contribution in [2.24, 2.45) is 0 Å². The topological polar surface area (TPSA) is 48.1 Å². The molecule has 6 nitrogen and oxygen atoms in total. The summed E-state index contributed by atoms with van der Waals surface area (Å²) < 4.78 is 5.60. The van der Waals surface area contributed by atoms with Crippen molar-refractivity contribution in [3.63, 3.8) is 0 Å². The fourth-order valence-electron chi connectivity index (χ4n) is 3.97. The molecule has 0 saturated heterocycles. The average molecular weight is 546 g/mol. The molecule has 1 unspecified atom stereocenters. The molecular weight excluding hydrogens is 504 g/mol. The standard InChI is InChI=1S/C25H33BrN4O.C3H8O/c1-27-24-10-9-22(26)16-23(24)21-11-12-30(18-31)25(15-21)20-7-5-19(6-8-20)17-29(4)14-13-28(2)3;1-3-4-2/h5-10,15-16,18,25,27H,11-14,17H2,1-4H3;3H2,1-2H3. The summed E-state index contributed by atoms with van der Waals surface area (Å²) >= 11 is 3.60. The molecule has 0 bridgehead atoms. The quantitative estimate of drug-likeness (QED) is 0.420. The number of rotatable bonds is 10. The molecule has 0 saturated carbocycles. The Hall–Kier alpha value is -2.19. The number of carbonyl (C=O) groups excluding carboxylic acids is 1. The smallest absolute Gasteiger partial charge is 0.210 e. The third-order valence-electron chi connectivity index (χ3n) is 6.08. The molecule has 192 valence electrons. The lowest BCUT2D eigenvalue weighted by Crippen LogP contribution is -2.31. The van der Waals surface area contributed by atoms with E-state index in [-0.39, 0.29) is 6.04 Å². The molecule has 0 aliphatic carbocycles. The van der Waals surface area contributed by atoms with E-state index < -0.39 is 0 Å². The zero-order chi connectivity index (χ0) is 25.8. The van der Waals surface area contributed by atoms with Crippen LogP contribution in [-0.4, -0.2) is 82.7 Å². The van der Waals surface area contributed by atoms with E-state index in [1.165, 1.54) is 16.7 Å². The molecule has 2 aromatic carbocycles. The summed E-state index contributed by atoms with van der Waals surface area (Å²) in [4.78, 5) is 18.2. The van der Waals surface area contributed by atoms with Gasteiger partial charge in [-0.15, -0.1) is 0 Å². The predicted octanol–water partition coefficient (Wildman–Crippen LogP) is 5.12. The number of methoxy groups -OCH3 is 1. The lowest BCUT2D eigenvalue weighted by molar-refractivity contribution is -0.119. The highest BCUT2D eigenvalue weighted by molar-refractivity contribution is 9.10. The van der Waals surface area contributed by atoms with Crippen molar-refractivity contribution >= 4 is 33.6 Å². The minimum absolute atomic E-state index is 0.0505. The van der Waals surface area contributed by atoms with Crippen LogP contribution in [0.15, 0.2) is 53.0 Å². The van der Waals surface area contributed by atoms with Crippen LogP contribution in [0.2, 0.25) is 0 Å². The molecule has 0 spiro atoms. The molecule has 1 heterocycles. The van der Waals surface area contributed by atoms with E-state index in [0.717, 1.165) is 54.8 Å². The lowest BCUT2D eigenvalue weighted by atomic mass is 9.91. The van der Waals surface area contributed by atoms with Crippen molar-refractivity contribution in [1.82, 2.24) is 14.7 Å². The minimum Gasteiger partial charge on any atom is -0.388 e. The summed E-state index contributed by atoms with van der Waals surface area (Å²) in [5, 5.41) is 3.29. The Bertz CT molecular complexity index is 944. The van der Waals surface area contributed by atoms with E-state index in [4.69, 9.17) is 0 Å². The van der Waals surface area contributed by atoms with E-state index >= 15 is 0 Å². The van der Waals surface area contributed by atoms with E-state index in [2.05, 4.69) is 99.4 Å². The summed E-state index contributed by atoms with van der Waals surface area (Å²) in [6.07, 6.45) is 4.05. The second-order valence-corrected chi connectivity index (χ2v) is 9.95. The van der Waals surface area contributed by atoms with Crippen molar-refractivity contribution in [3.05, 3.63) is 69.7 Å². The van der Waals surface area contributed by atoms with Gasteiger partial charge in [-0.3, -0.25) is 4.79 Å². The van der Waals surface area contributed by atoms with Gasteiger partial charge in [0.15, 0.2) is 0 Å². The molecule has 1 aliphatic heterocycles. The molecule has 0 fully saturated rings. The van der Waals surface area contributed by atoms with Crippen molar-refractivity contribution in [3.8, 4) is 0 Å². The van der Waals surface area contributed by atoms with Crippen LogP contribution in [0.1, 0.15) is 36.1 Å². The highest BCUT2D eigenvalue weighted by Crippen LogP contribution is 2.36. The maximum atomic E-state index is 11.8. The van der Waals surface area contributed by atoms with Crippen molar-refractivity contribution in [2.45, 2.75) is 25.9 Å². The van der Waals surface area contributed by atoms with Gasteiger partial charge in [0.25, 0.3) is 0 Å². The molecule has 1 aliphatic rings. The Kier molecular flexibility index (Phi) is 12.5. The molecule has 1 atom stereocenters. The molecule has 0 aromatic heterocycles. The van der Waals surface area contributed by atoms with Crippen molar-refractivity contribution < 1.29 is 9.53 Å². The summed E-state index contributed by atoms with van der Waals surface area (Å²) in [6.45, 7) is 6.48. The van der Waals surface area contributed by atoms with Crippen LogP contribution in [-0.2, 0) is 16.1 Å². The Labute approximate surface area is 220 Å². The van der Waals surface area contributed by atoms with Gasteiger partial charge in [-0.25, -0.2) is 0 Å². The van der Waals surface area contributed by atoms with Gasteiger partial charge < -0.3 is 24.8 Å². The van der Waals surface area contributed by atoms with Crippen LogP contribution in [0.4, 0.5) is 5.69 Å². The Morgan fingerprint density at radius 3 is 2.40 bits per heavy atom. The van der Waals surface area contributed by atoms with Crippen LogP contribution in [0, 0.1) is 0 Å². The van der Waals surface area contributed by atoms with Gasteiger partial charge in [-0.1, -0.05) is 46.3 Å². The fraction of sp³-hybridized carbons (Fsp3) is 0.464. The number of anilines is 1. The maximum Gasteiger partial charge on any atom is 0.210 e. The van der Waals surface area contributed by atoms with E-state index in [9.17, 15) is 4.79 Å². The molecular formula is C28H41BrN4O2. The summed E-state index contributed by atoms with van der Waals surface area (Å²) in [5.74, 6) is 0. The number of ether oxygens (including phenoxy) is 1. The first kappa shape index (κ1) is 29.0. The number of halogens is 1. The summed E-state index contributed by atoms with van der Waals surface area (Å²) in [7, 11) is 9.97. The first-order chi connectivity index (χ1) is 16.8. The fourth-order valence-corrected chi connectivity index (χ4v) is 4.33. The van der Waals surface area contributed by atoms with Gasteiger partial charge in [0.05, 0.1) is 6.04 Å². The number of benzene rings is 2. The SMILES string of the molecule is CCOC.CNc1ccc(Br)cc1C1=CC(c2ccc(CN(C)CCN(C)C)cc2)N(C=O)CC1. The van der Waals surface area contributed by atoms with Gasteiger partial charge in [0.1, 0.15) is 0 Å². The molecule has 1 N–H and O–H groups in total. The van der Waals surface area contributed by atoms with E-state index in [1.807, 2.05) is 24.9 Å². The second-order valence-electron chi connectivity index (χ2n) is 9.03. The lowest BCUT2D eigenvalue weighted by Gasteiger charge is -2.32. The zero-order valence-electron chi connectivity index (χ0n) is 22.1. The highest BCUT2D eigenvalue weighted by Gasteiger charge is 2.24. The number of nitrogens with one attached hydrogen (secondary N) is 1. The number of hydrogen-bond donors (Lipinski definition) is 1. The molecule has 1 amide bonds. The summed E-state index contributed by atoms with van der Waals surface area (Å²) in [6, 6.07) is 14.9. The van der Waals surface area contributed by atoms with E-state index in [0.29, 0.717) is 6.54 Å². The van der Waals surface area contributed by atoms with Gasteiger partial charge in [0.2, 0.25) is 6.41 Å².